The van der Waals surface area contributed by atoms with E-state index in [0.29, 0.717) is 23.1 Å². The van der Waals surface area contributed by atoms with Gasteiger partial charge in [-0.05, 0) is 56.1 Å². The summed E-state index contributed by atoms with van der Waals surface area (Å²) in [6.07, 6.45) is 0. The van der Waals surface area contributed by atoms with Crippen molar-refractivity contribution in [3.05, 3.63) is 54.3 Å². The molecule has 2 rings (SSSR count). The minimum atomic E-state index is 0.310. The summed E-state index contributed by atoms with van der Waals surface area (Å²) >= 11 is 16.4. The van der Waals surface area contributed by atoms with Gasteiger partial charge in [0.15, 0.2) is 0 Å². The maximum atomic E-state index is 6.11. The first-order valence-electron chi connectivity index (χ1n) is 5.29. The SMILES string of the molecule is Nc1cccc(Cl)c1COc1c(Br)cc(Br)cc1Br. The minimum Gasteiger partial charge on any atom is -0.486 e. The van der Waals surface area contributed by atoms with Gasteiger partial charge in [-0.2, -0.15) is 0 Å². The summed E-state index contributed by atoms with van der Waals surface area (Å²) in [5.41, 5.74) is 7.30. The number of rotatable bonds is 3. The molecule has 0 amide bonds. The molecule has 6 heteroatoms. The van der Waals surface area contributed by atoms with Gasteiger partial charge < -0.3 is 10.5 Å². The Bertz CT molecular complexity index is 576. The van der Waals surface area contributed by atoms with Crippen LogP contribution in [-0.2, 0) is 6.61 Å². The quantitative estimate of drug-likeness (QED) is 0.577. The number of ether oxygens (including phenoxy) is 1. The van der Waals surface area contributed by atoms with E-state index in [1.807, 2.05) is 18.2 Å². The lowest BCUT2D eigenvalue weighted by Gasteiger charge is -2.13. The van der Waals surface area contributed by atoms with Crippen LogP contribution in [-0.4, -0.2) is 0 Å². The first-order chi connectivity index (χ1) is 8.99. The minimum absolute atomic E-state index is 0.310. The molecule has 0 aliphatic rings. The Morgan fingerprint density at radius 2 is 1.74 bits per heavy atom. The lowest BCUT2D eigenvalue weighted by atomic mass is 10.2. The Morgan fingerprint density at radius 3 is 2.32 bits per heavy atom. The largest absolute Gasteiger partial charge is 0.486 e. The molecule has 2 aromatic rings. The molecule has 2 aromatic carbocycles. The van der Waals surface area contributed by atoms with Crippen molar-refractivity contribution < 1.29 is 4.74 Å². The highest BCUT2D eigenvalue weighted by Gasteiger charge is 2.11. The molecule has 0 heterocycles. The van der Waals surface area contributed by atoms with Gasteiger partial charge in [-0.1, -0.05) is 33.6 Å². The van der Waals surface area contributed by atoms with Crippen molar-refractivity contribution in [1.82, 2.24) is 0 Å². The van der Waals surface area contributed by atoms with Gasteiger partial charge in [-0.15, -0.1) is 0 Å². The molecule has 0 spiro atoms. The number of nitrogen functional groups attached to an aromatic ring is 1. The van der Waals surface area contributed by atoms with Gasteiger partial charge in [-0.25, -0.2) is 0 Å². The van der Waals surface area contributed by atoms with Gasteiger partial charge in [0.05, 0.1) is 8.95 Å². The Morgan fingerprint density at radius 1 is 1.11 bits per heavy atom. The summed E-state index contributed by atoms with van der Waals surface area (Å²) in [4.78, 5) is 0. The van der Waals surface area contributed by atoms with Crippen molar-refractivity contribution in [1.29, 1.82) is 0 Å². The molecule has 0 fully saturated rings. The molecule has 100 valence electrons. The predicted octanol–water partition coefficient (Wildman–Crippen LogP) is 5.79. The third kappa shape index (κ3) is 3.66. The fourth-order valence-electron chi connectivity index (χ4n) is 1.54. The van der Waals surface area contributed by atoms with E-state index < -0.39 is 0 Å². The predicted molar refractivity (Wildman–Crippen MR) is 89.7 cm³/mol. The second-order valence-electron chi connectivity index (χ2n) is 3.79. The Kier molecular flexibility index (Phi) is 5.17. The molecule has 0 atom stereocenters. The maximum absolute atomic E-state index is 6.11. The zero-order valence-electron chi connectivity index (χ0n) is 9.59. The van der Waals surface area contributed by atoms with Gasteiger partial charge in [0.25, 0.3) is 0 Å². The lowest BCUT2D eigenvalue weighted by Crippen LogP contribution is -2.02. The third-order valence-corrected chi connectivity index (χ3v) is 4.47. The second-order valence-corrected chi connectivity index (χ2v) is 6.83. The van der Waals surface area contributed by atoms with Crippen molar-refractivity contribution in [2.24, 2.45) is 0 Å². The molecule has 0 saturated heterocycles. The molecule has 0 radical (unpaired) electrons. The van der Waals surface area contributed by atoms with Gasteiger partial charge in [0, 0.05) is 20.7 Å². The van der Waals surface area contributed by atoms with E-state index in [9.17, 15) is 0 Å². The van der Waals surface area contributed by atoms with Crippen LogP contribution in [0.1, 0.15) is 5.56 Å². The van der Waals surface area contributed by atoms with Gasteiger partial charge in [0.2, 0.25) is 0 Å². The number of halogens is 4. The summed E-state index contributed by atoms with van der Waals surface area (Å²) in [5.74, 6) is 0.711. The van der Waals surface area contributed by atoms with Crippen LogP contribution in [0.5, 0.6) is 5.75 Å². The van der Waals surface area contributed by atoms with Crippen molar-refractivity contribution in [3.63, 3.8) is 0 Å². The third-order valence-electron chi connectivity index (χ3n) is 2.48. The average molecular weight is 470 g/mol. The second kappa shape index (κ2) is 6.48. The molecule has 0 unspecified atom stereocenters. The van der Waals surface area contributed by atoms with E-state index in [0.717, 1.165) is 19.0 Å². The molecule has 2 nitrogen and oxygen atoms in total. The van der Waals surface area contributed by atoms with E-state index >= 15 is 0 Å². The molecule has 2 N–H and O–H groups in total. The van der Waals surface area contributed by atoms with E-state index in [2.05, 4.69) is 47.8 Å². The highest BCUT2D eigenvalue weighted by Crippen LogP contribution is 2.37. The monoisotopic (exact) mass is 467 g/mol. The van der Waals surface area contributed by atoms with E-state index in [4.69, 9.17) is 22.1 Å². The van der Waals surface area contributed by atoms with Crippen molar-refractivity contribution >= 4 is 65.1 Å². The first-order valence-corrected chi connectivity index (χ1v) is 8.05. The van der Waals surface area contributed by atoms with E-state index in [-0.39, 0.29) is 0 Å². The molecular weight excluding hydrogens is 461 g/mol. The molecule has 0 aromatic heterocycles. The summed E-state index contributed by atoms with van der Waals surface area (Å²) in [6, 6.07) is 9.23. The number of nitrogens with two attached hydrogens (primary N) is 1. The zero-order chi connectivity index (χ0) is 14.0. The van der Waals surface area contributed by atoms with Gasteiger partial charge >= 0.3 is 0 Å². The molecule has 0 aliphatic heterocycles. The van der Waals surface area contributed by atoms with Crippen LogP contribution in [0.3, 0.4) is 0 Å². The Balaban J connectivity index is 2.24. The van der Waals surface area contributed by atoms with Crippen molar-refractivity contribution in [3.8, 4) is 5.75 Å². The summed E-state index contributed by atoms with van der Waals surface area (Å²) in [7, 11) is 0. The molecular formula is C13H9Br3ClNO. The first kappa shape index (κ1) is 15.2. The van der Waals surface area contributed by atoms with Crippen molar-refractivity contribution in [2.75, 3.05) is 5.73 Å². The smallest absolute Gasteiger partial charge is 0.148 e. The summed E-state index contributed by atoms with van der Waals surface area (Å²) in [5, 5.41) is 0.601. The van der Waals surface area contributed by atoms with Crippen LogP contribution < -0.4 is 10.5 Å². The normalized spacial score (nSPS) is 10.5. The van der Waals surface area contributed by atoms with Gasteiger partial charge in [-0.3, -0.25) is 0 Å². The van der Waals surface area contributed by atoms with Crippen LogP contribution in [0.2, 0.25) is 5.02 Å². The summed E-state index contributed by atoms with van der Waals surface area (Å²) in [6.45, 7) is 0.310. The molecule has 0 saturated carbocycles. The highest BCUT2D eigenvalue weighted by molar-refractivity contribution is 9.11. The Labute approximate surface area is 141 Å². The van der Waals surface area contributed by atoms with Crippen LogP contribution in [0.15, 0.2) is 43.7 Å². The topological polar surface area (TPSA) is 35.2 Å². The fourth-order valence-corrected chi connectivity index (χ4v) is 4.26. The average Bonchev–Trinajstić information content (AvgIpc) is 2.31. The van der Waals surface area contributed by atoms with Crippen LogP contribution in [0.25, 0.3) is 0 Å². The number of hydrogen-bond donors (Lipinski definition) is 1. The van der Waals surface area contributed by atoms with Crippen LogP contribution in [0, 0.1) is 0 Å². The Hall–Kier alpha value is -0.230. The van der Waals surface area contributed by atoms with Gasteiger partial charge in [0.1, 0.15) is 12.4 Å². The molecule has 0 bridgehead atoms. The number of anilines is 1. The molecule has 0 aliphatic carbocycles. The fraction of sp³-hybridized carbons (Fsp3) is 0.0769. The molecule has 19 heavy (non-hydrogen) atoms. The van der Waals surface area contributed by atoms with Crippen LogP contribution >= 0.6 is 59.4 Å². The van der Waals surface area contributed by atoms with Crippen molar-refractivity contribution in [2.45, 2.75) is 6.61 Å². The summed E-state index contributed by atoms with van der Waals surface area (Å²) < 4.78 is 8.44. The van der Waals surface area contributed by atoms with Crippen LogP contribution in [0.4, 0.5) is 5.69 Å². The zero-order valence-corrected chi connectivity index (χ0v) is 15.1. The number of hydrogen-bond acceptors (Lipinski definition) is 2. The number of benzene rings is 2. The van der Waals surface area contributed by atoms with E-state index in [1.54, 1.807) is 12.1 Å². The lowest BCUT2D eigenvalue weighted by molar-refractivity contribution is 0.303. The highest BCUT2D eigenvalue weighted by atomic mass is 79.9. The maximum Gasteiger partial charge on any atom is 0.148 e. The standard InChI is InChI=1S/C13H9Br3ClNO/c14-7-4-9(15)13(10(16)5-7)19-6-8-11(17)2-1-3-12(8)18/h1-5H,6,18H2. The van der Waals surface area contributed by atoms with E-state index in [1.165, 1.54) is 0 Å².